The fourth-order valence-corrected chi connectivity index (χ4v) is 2.24. The van der Waals surface area contributed by atoms with Crippen LogP contribution in [0.4, 0.5) is 0 Å². The Bertz CT molecular complexity index is 731. The molecule has 0 saturated heterocycles. The molecule has 2 aromatic rings. The van der Waals surface area contributed by atoms with Gasteiger partial charge in [0.25, 0.3) is 0 Å². The van der Waals surface area contributed by atoms with E-state index in [-0.39, 0.29) is 30.7 Å². The maximum atomic E-state index is 11.5. The van der Waals surface area contributed by atoms with Crippen molar-refractivity contribution in [3.63, 3.8) is 0 Å². The molecule has 9 nitrogen and oxygen atoms in total. The predicted octanol–water partition coefficient (Wildman–Crippen LogP) is 0.404. The summed E-state index contributed by atoms with van der Waals surface area (Å²) in [5, 5.41) is 20.1. The second-order valence-corrected chi connectivity index (χ2v) is 5.46. The number of amides is 1. The Kier molecular flexibility index (Phi) is 4.77. The summed E-state index contributed by atoms with van der Waals surface area (Å²) in [6.07, 6.45) is -0.0139. The van der Waals surface area contributed by atoms with Gasteiger partial charge in [0.05, 0.1) is 6.42 Å². The van der Waals surface area contributed by atoms with E-state index in [1.807, 2.05) is 31.5 Å². The molecular weight excluding hydrogens is 300 g/mol. The molecule has 2 heterocycles. The number of nitrogens with one attached hydrogen (secondary N) is 1. The topological polar surface area (TPSA) is 115 Å². The zero-order valence-electron chi connectivity index (χ0n) is 13.6. The van der Waals surface area contributed by atoms with Crippen molar-refractivity contribution < 1.29 is 14.7 Å². The van der Waals surface area contributed by atoms with Crippen molar-refractivity contribution in [1.82, 2.24) is 29.9 Å². The van der Waals surface area contributed by atoms with E-state index in [9.17, 15) is 9.59 Å². The van der Waals surface area contributed by atoms with E-state index < -0.39 is 5.97 Å². The Morgan fingerprint density at radius 3 is 2.57 bits per heavy atom. The molecule has 0 aliphatic carbocycles. The zero-order valence-corrected chi connectivity index (χ0v) is 13.6. The molecule has 0 aliphatic heterocycles. The number of rotatable bonds is 6. The molecule has 0 atom stereocenters. The molecular formula is C14H20N6O3. The van der Waals surface area contributed by atoms with Crippen LogP contribution in [0.3, 0.4) is 0 Å². The third-order valence-electron chi connectivity index (χ3n) is 3.24. The van der Waals surface area contributed by atoms with Crippen LogP contribution in [-0.4, -0.2) is 48.6 Å². The summed E-state index contributed by atoms with van der Waals surface area (Å²) >= 11 is 0. The number of carbonyl (C=O) groups excluding carboxylic acids is 1. The Hall–Kier alpha value is -2.71. The van der Waals surface area contributed by atoms with Crippen LogP contribution in [0, 0.1) is 6.92 Å². The van der Waals surface area contributed by atoms with E-state index in [0.29, 0.717) is 11.5 Å². The van der Waals surface area contributed by atoms with Crippen LogP contribution in [0.25, 0.3) is 11.5 Å². The van der Waals surface area contributed by atoms with Gasteiger partial charge in [-0.1, -0.05) is 0 Å². The van der Waals surface area contributed by atoms with Gasteiger partial charge in [0.15, 0.2) is 11.6 Å². The van der Waals surface area contributed by atoms with E-state index in [1.54, 1.807) is 0 Å². The van der Waals surface area contributed by atoms with Crippen molar-refractivity contribution in [3.05, 3.63) is 17.6 Å². The number of carboxylic acids is 1. The lowest BCUT2D eigenvalue weighted by Crippen LogP contribution is -2.20. The maximum absolute atomic E-state index is 11.5. The van der Waals surface area contributed by atoms with Crippen LogP contribution in [0.1, 0.15) is 31.4 Å². The van der Waals surface area contributed by atoms with Crippen LogP contribution >= 0.6 is 0 Å². The van der Waals surface area contributed by atoms with E-state index in [0.717, 1.165) is 5.69 Å². The van der Waals surface area contributed by atoms with Gasteiger partial charge in [-0.2, -0.15) is 10.2 Å². The minimum absolute atomic E-state index is 0.0139. The monoisotopic (exact) mass is 320 g/mol. The minimum atomic E-state index is -1.04. The van der Waals surface area contributed by atoms with Crippen molar-refractivity contribution in [2.45, 2.75) is 39.8 Å². The first-order valence-corrected chi connectivity index (χ1v) is 7.24. The highest BCUT2D eigenvalue weighted by Crippen LogP contribution is 2.20. The molecule has 2 N–H and O–H groups in total. The first-order chi connectivity index (χ1) is 10.8. The summed E-state index contributed by atoms with van der Waals surface area (Å²) in [7, 11) is 1.52. The lowest BCUT2D eigenvalue weighted by atomic mass is 10.3. The van der Waals surface area contributed by atoms with Gasteiger partial charge < -0.3 is 10.4 Å². The molecule has 0 spiro atoms. The molecule has 0 radical (unpaired) electrons. The zero-order chi connectivity index (χ0) is 17.1. The maximum Gasteiger partial charge on any atom is 0.325 e. The SMILES string of the molecule is CNC(=O)Cc1nc(-c2cc(C)n(C(C)C)n2)n(CC(=O)O)n1. The second kappa shape index (κ2) is 6.59. The van der Waals surface area contributed by atoms with Crippen LogP contribution in [0.5, 0.6) is 0 Å². The van der Waals surface area contributed by atoms with Crippen molar-refractivity contribution >= 4 is 11.9 Å². The summed E-state index contributed by atoms with van der Waals surface area (Å²) < 4.78 is 3.08. The first kappa shape index (κ1) is 16.7. The molecule has 124 valence electrons. The van der Waals surface area contributed by atoms with E-state index in [1.165, 1.54) is 11.7 Å². The lowest BCUT2D eigenvalue weighted by Gasteiger charge is -2.06. The minimum Gasteiger partial charge on any atom is -0.480 e. The van der Waals surface area contributed by atoms with Gasteiger partial charge >= 0.3 is 5.97 Å². The number of likely N-dealkylation sites (N-methyl/N-ethyl adjacent to an activating group) is 1. The molecule has 0 saturated carbocycles. The van der Waals surface area contributed by atoms with E-state index in [4.69, 9.17) is 5.11 Å². The van der Waals surface area contributed by atoms with Crippen LogP contribution < -0.4 is 5.32 Å². The van der Waals surface area contributed by atoms with E-state index >= 15 is 0 Å². The largest absolute Gasteiger partial charge is 0.480 e. The average Bonchev–Trinajstić information content (AvgIpc) is 3.01. The van der Waals surface area contributed by atoms with Crippen LogP contribution in [0.2, 0.25) is 0 Å². The normalized spacial score (nSPS) is 11.0. The molecule has 0 bridgehead atoms. The quantitative estimate of drug-likeness (QED) is 0.796. The Morgan fingerprint density at radius 1 is 1.35 bits per heavy atom. The fraction of sp³-hybridized carbons (Fsp3) is 0.500. The number of hydrogen-bond acceptors (Lipinski definition) is 5. The summed E-state index contributed by atoms with van der Waals surface area (Å²) in [5.41, 5.74) is 1.47. The van der Waals surface area contributed by atoms with Gasteiger partial charge in [-0.3, -0.25) is 14.3 Å². The summed E-state index contributed by atoms with van der Waals surface area (Å²) in [4.78, 5) is 26.8. The summed E-state index contributed by atoms with van der Waals surface area (Å²) in [6, 6.07) is 2.00. The highest BCUT2D eigenvalue weighted by molar-refractivity contribution is 5.77. The van der Waals surface area contributed by atoms with Crippen LogP contribution in [-0.2, 0) is 22.6 Å². The van der Waals surface area contributed by atoms with Crippen molar-refractivity contribution in [2.75, 3.05) is 7.05 Å². The molecule has 1 amide bonds. The molecule has 2 rings (SSSR count). The van der Waals surface area contributed by atoms with Gasteiger partial charge in [0.2, 0.25) is 5.91 Å². The molecule has 0 fully saturated rings. The summed E-state index contributed by atoms with van der Waals surface area (Å²) in [6.45, 7) is 5.58. The smallest absolute Gasteiger partial charge is 0.325 e. The molecule has 2 aromatic heterocycles. The Morgan fingerprint density at radius 2 is 2.04 bits per heavy atom. The third-order valence-corrected chi connectivity index (χ3v) is 3.24. The van der Waals surface area contributed by atoms with Crippen molar-refractivity contribution in [2.24, 2.45) is 0 Å². The third kappa shape index (κ3) is 3.74. The van der Waals surface area contributed by atoms with Crippen molar-refractivity contribution in [1.29, 1.82) is 0 Å². The first-order valence-electron chi connectivity index (χ1n) is 7.24. The standard InChI is InChI=1S/C14H20N6O3/c1-8(2)20-9(3)5-10(17-20)14-16-11(6-12(21)15-4)18-19(14)7-13(22)23/h5,8H,6-7H2,1-4H3,(H,15,21)(H,22,23). The van der Waals surface area contributed by atoms with Gasteiger partial charge in [-0.05, 0) is 26.8 Å². The predicted molar refractivity (Wildman–Crippen MR) is 81.8 cm³/mol. The second-order valence-electron chi connectivity index (χ2n) is 5.46. The number of hydrogen-bond donors (Lipinski definition) is 2. The molecule has 9 heteroatoms. The highest BCUT2D eigenvalue weighted by Gasteiger charge is 2.19. The molecule has 0 aromatic carbocycles. The van der Waals surface area contributed by atoms with Gasteiger partial charge in [-0.15, -0.1) is 0 Å². The number of aliphatic carboxylic acids is 1. The molecule has 0 unspecified atom stereocenters. The number of carboxylic acid groups (broad SMARTS) is 1. The fourth-order valence-electron chi connectivity index (χ4n) is 2.24. The lowest BCUT2D eigenvalue weighted by molar-refractivity contribution is -0.137. The molecule has 0 aliphatic rings. The number of carbonyl (C=O) groups is 2. The number of aromatic nitrogens is 5. The number of nitrogens with zero attached hydrogens (tertiary/aromatic N) is 5. The highest BCUT2D eigenvalue weighted by atomic mass is 16.4. The average molecular weight is 320 g/mol. The van der Waals surface area contributed by atoms with E-state index in [2.05, 4.69) is 20.5 Å². The Labute approximate surface area is 133 Å². The Balaban J connectivity index is 2.44. The van der Waals surface area contributed by atoms with Gasteiger partial charge in [0.1, 0.15) is 12.2 Å². The molecule has 23 heavy (non-hydrogen) atoms. The van der Waals surface area contributed by atoms with Gasteiger partial charge in [0, 0.05) is 18.8 Å². The van der Waals surface area contributed by atoms with Crippen molar-refractivity contribution in [3.8, 4) is 11.5 Å². The summed E-state index contributed by atoms with van der Waals surface area (Å²) in [5.74, 6) is -0.679. The van der Waals surface area contributed by atoms with Crippen LogP contribution in [0.15, 0.2) is 6.07 Å². The number of aryl methyl sites for hydroxylation is 1. The van der Waals surface area contributed by atoms with Gasteiger partial charge in [-0.25, -0.2) is 9.67 Å².